The minimum absolute atomic E-state index is 0.147. The Labute approximate surface area is 151 Å². The molecular formula is C19H18N6O. The highest BCUT2D eigenvalue weighted by Gasteiger charge is 2.19. The number of aromatic nitrogens is 4. The van der Waals surface area contributed by atoms with Crippen LogP contribution in [0.2, 0.25) is 0 Å². The fourth-order valence-corrected chi connectivity index (χ4v) is 2.49. The second-order valence-corrected chi connectivity index (χ2v) is 6.12. The number of hydrogen-bond donors (Lipinski definition) is 1. The SMILES string of the molecule is CC(C)n1cc(C(=O)c2cc(C#N)ccc2-c2ncc(CN)cn2)cn1. The van der Waals surface area contributed by atoms with E-state index in [4.69, 9.17) is 5.73 Å². The molecule has 3 aromatic rings. The van der Waals surface area contributed by atoms with Gasteiger partial charge in [-0.15, -0.1) is 0 Å². The Bertz CT molecular complexity index is 982. The molecule has 2 heterocycles. The topological polar surface area (TPSA) is 110 Å². The molecule has 7 heteroatoms. The molecule has 0 atom stereocenters. The summed E-state index contributed by atoms with van der Waals surface area (Å²) in [4.78, 5) is 21.6. The van der Waals surface area contributed by atoms with Gasteiger partial charge >= 0.3 is 0 Å². The zero-order valence-electron chi connectivity index (χ0n) is 14.5. The number of hydrogen-bond acceptors (Lipinski definition) is 6. The van der Waals surface area contributed by atoms with E-state index in [2.05, 4.69) is 21.1 Å². The normalized spacial score (nSPS) is 10.7. The van der Waals surface area contributed by atoms with E-state index in [9.17, 15) is 10.1 Å². The van der Waals surface area contributed by atoms with Crippen molar-refractivity contribution in [2.24, 2.45) is 5.73 Å². The summed E-state index contributed by atoms with van der Waals surface area (Å²) in [7, 11) is 0. The first kappa shape index (κ1) is 17.5. The Morgan fingerprint density at radius 3 is 2.58 bits per heavy atom. The van der Waals surface area contributed by atoms with E-state index in [-0.39, 0.29) is 11.8 Å². The van der Waals surface area contributed by atoms with Crippen LogP contribution in [0, 0.1) is 11.3 Å². The Morgan fingerprint density at radius 1 is 1.27 bits per heavy atom. The van der Waals surface area contributed by atoms with Crippen molar-refractivity contribution in [2.45, 2.75) is 26.4 Å². The standard InChI is InChI=1S/C19H18N6O/c1-12(2)25-11-15(10-24-25)18(26)17-5-13(6-20)3-4-16(17)19-22-8-14(7-21)9-23-19/h3-5,8-12H,7,21H2,1-2H3. The Hall–Kier alpha value is -3.37. The summed E-state index contributed by atoms with van der Waals surface area (Å²) in [5, 5.41) is 13.4. The van der Waals surface area contributed by atoms with Gasteiger partial charge in [0, 0.05) is 47.9 Å². The molecule has 0 unspecified atom stereocenters. The lowest BCUT2D eigenvalue weighted by Crippen LogP contribution is -2.06. The molecule has 0 radical (unpaired) electrons. The summed E-state index contributed by atoms with van der Waals surface area (Å²) < 4.78 is 1.72. The van der Waals surface area contributed by atoms with Gasteiger partial charge in [0.25, 0.3) is 0 Å². The number of nitriles is 1. The molecule has 1 aromatic carbocycles. The highest BCUT2D eigenvalue weighted by Crippen LogP contribution is 2.24. The Kier molecular flexibility index (Phi) is 4.87. The van der Waals surface area contributed by atoms with Gasteiger partial charge in [-0.1, -0.05) is 0 Å². The molecule has 7 nitrogen and oxygen atoms in total. The average molecular weight is 346 g/mol. The number of carbonyl (C=O) groups is 1. The third-order valence-corrected chi connectivity index (χ3v) is 3.97. The number of benzene rings is 1. The van der Waals surface area contributed by atoms with Gasteiger partial charge in [0.15, 0.2) is 11.6 Å². The largest absolute Gasteiger partial charge is 0.326 e. The maximum absolute atomic E-state index is 13.0. The molecule has 2 aromatic heterocycles. The van der Waals surface area contributed by atoms with E-state index < -0.39 is 0 Å². The molecule has 3 rings (SSSR count). The van der Waals surface area contributed by atoms with Crippen LogP contribution in [0.25, 0.3) is 11.4 Å². The van der Waals surface area contributed by atoms with E-state index in [0.717, 1.165) is 5.56 Å². The van der Waals surface area contributed by atoms with Crippen molar-refractivity contribution in [1.29, 1.82) is 5.26 Å². The zero-order valence-corrected chi connectivity index (χ0v) is 14.5. The Morgan fingerprint density at radius 2 is 2.00 bits per heavy atom. The Balaban J connectivity index is 2.08. The first-order chi connectivity index (χ1) is 12.5. The zero-order chi connectivity index (χ0) is 18.7. The van der Waals surface area contributed by atoms with Crippen molar-refractivity contribution in [2.75, 3.05) is 0 Å². The van der Waals surface area contributed by atoms with Crippen molar-refractivity contribution < 1.29 is 4.79 Å². The minimum atomic E-state index is -0.226. The number of nitrogens with two attached hydrogens (primary N) is 1. The first-order valence-corrected chi connectivity index (χ1v) is 8.18. The highest BCUT2D eigenvalue weighted by molar-refractivity contribution is 6.12. The number of carbonyl (C=O) groups excluding carboxylic acids is 1. The van der Waals surface area contributed by atoms with Gasteiger partial charge in [0.1, 0.15) is 0 Å². The lowest BCUT2D eigenvalue weighted by atomic mass is 9.97. The van der Waals surface area contributed by atoms with Crippen LogP contribution >= 0.6 is 0 Å². The molecule has 2 N–H and O–H groups in total. The van der Waals surface area contributed by atoms with E-state index in [1.165, 1.54) is 6.20 Å². The summed E-state index contributed by atoms with van der Waals surface area (Å²) in [5.41, 5.74) is 8.16. The molecule has 0 aliphatic heterocycles. The van der Waals surface area contributed by atoms with Crippen LogP contribution in [0.5, 0.6) is 0 Å². The van der Waals surface area contributed by atoms with E-state index in [0.29, 0.717) is 34.6 Å². The quantitative estimate of drug-likeness (QED) is 0.711. The van der Waals surface area contributed by atoms with Crippen LogP contribution in [0.15, 0.2) is 43.0 Å². The maximum Gasteiger partial charge on any atom is 0.196 e. The molecule has 0 amide bonds. The third-order valence-electron chi connectivity index (χ3n) is 3.97. The maximum atomic E-state index is 13.0. The number of nitrogens with zero attached hydrogens (tertiary/aromatic N) is 5. The van der Waals surface area contributed by atoms with Crippen LogP contribution in [0.4, 0.5) is 0 Å². The van der Waals surface area contributed by atoms with Gasteiger partial charge in [0.2, 0.25) is 0 Å². The van der Waals surface area contributed by atoms with Gasteiger partial charge in [0.05, 0.1) is 23.4 Å². The number of ketones is 1. The molecule has 0 aliphatic carbocycles. The first-order valence-electron chi connectivity index (χ1n) is 8.18. The summed E-state index contributed by atoms with van der Waals surface area (Å²) in [6, 6.07) is 7.10. The van der Waals surface area contributed by atoms with Crippen molar-refractivity contribution >= 4 is 5.78 Å². The van der Waals surface area contributed by atoms with Crippen molar-refractivity contribution in [3.63, 3.8) is 0 Å². The van der Waals surface area contributed by atoms with Crippen molar-refractivity contribution in [3.05, 3.63) is 65.2 Å². The fourth-order valence-electron chi connectivity index (χ4n) is 2.49. The van der Waals surface area contributed by atoms with Crippen LogP contribution in [-0.2, 0) is 6.54 Å². The lowest BCUT2D eigenvalue weighted by molar-refractivity contribution is 0.103. The van der Waals surface area contributed by atoms with Crippen LogP contribution in [-0.4, -0.2) is 25.5 Å². The van der Waals surface area contributed by atoms with Crippen LogP contribution in [0.1, 0.15) is 46.9 Å². The van der Waals surface area contributed by atoms with Gasteiger partial charge in [-0.05, 0) is 32.0 Å². The molecule has 0 spiro atoms. The smallest absolute Gasteiger partial charge is 0.196 e. The minimum Gasteiger partial charge on any atom is -0.326 e. The molecule has 26 heavy (non-hydrogen) atoms. The molecule has 0 saturated carbocycles. The lowest BCUT2D eigenvalue weighted by Gasteiger charge is -2.08. The summed E-state index contributed by atoms with van der Waals surface area (Å²) >= 11 is 0. The fraction of sp³-hybridized carbons (Fsp3) is 0.211. The number of rotatable bonds is 5. The molecule has 0 aliphatic rings. The molecule has 0 bridgehead atoms. The molecule has 0 fully saturated rings. The van der Waals surface area contributed by atoms with Crippen molar-refractivity contribution in [1.82, 2.24) is 19.7 Å². The molecular weight excluding hydrogens is 328 g/mol. The van der Waals surface area contributed by atoms with Gasteiger partial charge in [-0.2, -0.15) is 10.4 Å². The summed E-state index contributed by atoms with van der Waals surface area (Å²) in [5.74, 6) is 0.182. The van der Waals surface area contributed by atoms with Crippen molar-refractivity contribution in [3.8, 4) is 17.5 Å². The van der Waals surface area contributed by atoms with E-state index in [1.54, 1.807) is 41.5 Å². The van der Waals surface area contributed by atoms with E-state index in [1.807, 2.05) is 13.8 Å². The average Bonchev–Trinajstić information content (AvgIpc) is 3.17. The van der Waals surface area contributed by atoms with Gasteiger partial charge < -0.3 is 5.73 Å². The van der Waals surface area contributed by atoms with Crippen LogP contribution < -0.4 is 5.73 Å². The highest BCUT2D eigenvalue weighted by atomic mass is 16.1. The molecule has 0 saturated heterocycles. The van der Waals surface area contributed by atoms with E-state index >= 15 is 0 Å². The van der Waals surface area contributed by atoms with Gasteiger partial charge in [-0.25, -0.2) is 9.97 Å². The third kappa shape index (κ3) is 3.36. The second-order valence-electron chi connectivity index (χ2n) is 6.12. The molecule has 130 valence electrons. The monoisotopic (exact) mass is 346 g/mol. The predicted octanol–water partition coefficient (Wildman–Crippen LogP) is 2.48. The second kappa shape index (κ2) is 7.25. The van der Waals surface area contributed by atoms with Gasteiger partial charge in [-0.3, -0.25) is 9.48 Å². The summed E-state index contributed by atoms with van der Waals surface area (Å²) in [6.45, 7) is 4.31. The summed E-state index contributed by atoms with van der Waals surface area (Å²) in [6.07, 6.45) is 6.49. The predicted molar refractivity (Wildman–Crippen MR) is 96.1 cm³/mol. The van der Waals surface area contributed by atoms with Crippen LogP contribution in [0.3, 0.4) is 0 Å².